The minimum Gasteiger partial charge on any atom is -0.332 e. The van der Waals surface area contributed by atoms with Crippen LogP contribution >= 0.6 is 0 Å². The maximum Gasteiger partial charge on any atom is 0.220 e. The zero-order valence-corrected chi connectivity index (χ0v) is 11.4. The van der Waals surface area contributed by atoms with E-state index in [0.29, 0.717) is 6.54 Å². The highest BCUT2D eigenvalue weighted by atomic mass is 16.2. The molecule has 1 amide bonds. The van der Waals surface area contributed by atoms with Crippen LogP contribution in [0.2, 0.25) is 0 Å². The predicted molar refractivity (Wildman–Crippen MR) is 77.5 cm³/mol. The van der Waals surface area contributed by atoms with Gasteiger partial charge in [-0.1, -0.05) is 60.7 Å². The number of carbonyl (C=O) groups excluding carboxylic acids is 1. The van der Waals surface area contributed by atoms with Crippen molar-refractivity contribution in [3.05, 3.63) is 71.8 Å². The maximum atomic E-state index is 11.9. The smallest absolute Gasteiger partial charge is 0.220 e. The second kappa shape index (κ2) is 6.19. The fourth-order valence-corrected chi connectivity index (χ4v) is 2.21. The molecular weight excluding hydrogens is 234 g/mol. The third-order valence-electron chi connectivity index (χ3n) is 3.35. The first-order valence-electron chi connectivity index (χ1n) is 6.54. The van der Waals surface area contributed by atoms with Gasteiger partial charge in [0.25, 0.3) is 0 Å². The lowest BCUT2D eigenvalue weighted by molar-refractivity contribution is -0.131. The number of benzene rings is 2. The molecule has 2 aromatic carbocycles. The number of nitrogens with zero attached hydrogens (tertiary/aromatic N) is 1. The number of rotatable bonds is 4. The predicted octanol–water partition coefficient (Wildman–Crippen LogP) is 3.80. The zero-order valence-electron chi connectivity index (χ0n) is 11.4. The van der Waals surface area contributed by atoms with E-state index in [1.807, 2.05) is 53.4 Å². The van der Waals surface area contributed by atoms with Crippen molar-refractivity contribution in [3.8, 4) is 0 Å². The van der Waals surface area contributed by atoms with Crippen LogP contribution in [0.5, 0.6) is 0 Å². The Bertz CT molecular complexity index is 521. The molecule has 0 fully saturated rings. The standard InChI is InChI=1S/C17H19NO/c1-14(17-11-7-4-8-12-17)18(15(2)19)13-16-9-5-3-6-10-16/h3-12,14H,13H2,1-2H3/t14-/m1/s1. The molecule has 0 saturated heterocycles. The molecule has 2 nitrogen and oxygen atoms in total. The van der Waals surface area contributed by atoms with Crippen molar-refractivity contribution in [2.75, 3.05) is 0 Å². The Kier molecular flexibility index (Phi) is 4.35. The van der Waals surface area contributed by atoms with Gasteiger partial charge in [-0.3, -0.25) is 4.79 Å². The van der Waals surface area contributed by atoms with E-state index in [9.17, 15) is 4.79 Å². The number of hydrogen-bond acceptors (Lipinski definition) is 1. The van der Waals surface area contributed by atoms with Gasteiger partial charge in [0.1, 0.15) is 0 Å². The normalized spacial score (nSPS) is 11.9. The van der Waals surface area contributed by atoms with Crippen molar-refractivity contribution >= 4 is 5.91 Å². The summed E-state index contributed by atoms with van der Waals surface area (Å²) in [6, 6.07) is 20.3. The van der Waals surface area contributed by atoms with Crippen molar-refractivity contribution < 1.29 is 4.79 Å². The second-order valence-corrected chi connectivity index (χ2v) is 4.72. The summed E-state index contributed by atoms with van der Waals surface area (Å²) in [5.41, 5.74) is 2.31. The molecule has 0 unspecified atom stereocenters. The van der Waals surface area contributed by atoms with Crippen molar-refractivity contribution in [2.45, 2.75) is 26.4 Å². The van der Waals surface area contributed by atoms with Gasteiger partial charge in [0, 0.05) is 13.5 Å². The molecule has 19 heavy (non-hydrogen) atoms. The van der Waals surface area contributed by atoms with Crippen LogP contribution in [0.25, 0.3) is 0 Å². The number of carbonyl (C=O) groups is 1. The third kappa shape index (κ3) is 3.44. The highest BCUT2D eigenvalue weighted by Crippen LogP contribution is 2.22. The molecule has 0 radical (unpaired) electrons. The molecule has 0 heterocycles. The average molecular weight is 253 g/mol. The minimum atomic E-state index is 0.0823. The quantitative estimate of drug-likeness (QED) is 0.811. The van der Waals surface area contributed by atoms with Gasteiger partial charge in [-0.2, -0.15) is 0 Å². The third-order valence-corrected chi connectivity index (χ3v) is 3.35. The van der Waals surface area contributed by atoms with Crippen LogP contribution < -0.4 is 0 Å². The van der Waals surface area contributed by atoms with E-state index < -0.39 is 0 Å². The van der Waals surface area contributed by atoms with Crippen molar-refractivity contribution in [2.24, 2.45) is 0 Å². The lowest BCUT2D eigenvalue weighted by Crippen LogP contribution is -2.31. The Balaban J connectivity index is 2.19. The molecule has 2 rings (SSSR count). The van der Waals surface area contributed by atoms with Gasteiger partial charge in [-0.15, -0.1) is 0 Å². The Morgan fingerprint density at radius 3 is 2.05 bits per heavy atom. The van der Waals surface area contributed by atoms with Crippen LogP contribution in [0, 0.1) is 0 Å². The summed E-state index contributed by atoms with van der Waals surface area (Å²) in [6.45, 7) is 4.34. The van der Waals surface area contributed by atoms with Gasteiger partial charge in [0.15, 0.2) is 0 Å². The molecule has 0 aliphatic heterocycles. The minimum absolute atomic E-state index is 0.0823. The van der Waals surface area contributed by atoms with E-state index in [4.69, 9.17) is 0 Å². The first kappa shape index (κ1) is 13.3. The SMILES string of the molecule is CC(=O)N(Cc1ccccc1)[C@H](C)c1ccccc1. The van der Waals surface area contributed by atoms with Gasteiger partial charge in [-0.25, -0.2) is 0 Å². The molecule has 2 aromatic rings. The van der Waals surface area contributed by atoms with E-state index in [-0.39, 0.29) is 11.9 Å². The fourth-order valence-electron chi connectivity index (χ4n) is 2.21. The highest BCUT2D eigenvalue weighted by molar-refractivity contribution is 5.73. The van der Waals surface area contributed by atoms with E-state index in [1.165, 1.54) is 0 Å². The first-order chi connectivity index (χ1) is 9.18. The summed E-state index contributed by atoms with van der Waals surface area (Å²) in [7, 11) is 0. The van der Waals surface area contributed by atoms with Crippen molar-refractivity contribution in [1.29, 1.82) is 0 Å². The van der Waals surface area contributed by atoms with Gasteiger partial charge >= 0.3 is 0 Å². The molecular formula is C17H19NO. The molecule has 2 heteroatoms. The molecule has 0 aromatic heterocycles. The number of amides is 1. The first-order valence-corrected chi connectivity index (χ1v) is 6.54. The maximum absolute atomic E-state index is 11.9. The Morgan fingerprint density at radius 1 is 1.00 bits per heavy atom. The van der Waals surface area contributed by atoms with Crippen LogP contribution in [0.15, 0.2) is 60.7 Å². The summed E-state index contributed by atoms with van der Waals surface area (Å²) >= 11 is 0. The summed E-state index contributed by atoms with van der Waals surface area (Å²) < 4.78 is 0. The van der Waals surface area contributed by atoms with Crippen LogP contribution in [0.1, 0.15) is 31.0 Å². The lowest BCUT2D eigenvalue weighted by atomic mass is 10.1. The summed E-state index contributed by atoms with van der Waals surface area (Å²) in [5.74, 6) is 0.0974. The summed E-state index contributed by atoms with van der Waals surface area (Å²) in [6.07, 6.45) is 0. The molecule has 0 spiro atoms. The fraction of sp³-hybridized carbons (Fsp3) is 0.235. The lowest BCUT2D eigenvalue weighted by Gasteiger charge is -2.28. The summed E-state index contributed by atoms with van der Waals surface area (Å²) in [5, 5.41) is 0. The van der Waals surface area contributed by atoms with E-state index in [2.05, 4.69) is 19.1 Å². The van der Waals surface area contributed by atoms with Gasteiger partial charge < -0.3 is 4.90 Å². The topological polar surface area (TPSA) is 20.3 Å². The highest BCUT2D eigenvalue weighted by Gasteiger charge is 2.18. The van der Waals surface area contributed by atoms with Crippen LogP contribution in [-0.2, 0) is 11.3 Å². The second-order valence-electron chi connectivity index (χ2n) is 4.72. The molecule has 98 valence electrons. The zero-order chi connectivity index (χ0) is 13.7. The average Bonchev–Trinajstić information content (AvgIpc) is 2.46. The largest absolute Gasteiger partial charge is 0.332 e. The van der Waals surface area contributed by atoms with Crippen LogP contribution in [-0.4, -0.2) is 10.8 Å². The Labute approximate surface area is 114 Å². The van der Waals surface area contributed by atoms with E-state index in [1.54, 1.807) is 6.92 Å². The molecule has 1 atom stereocenters. The Hall–Kier alpha value is -2.09. The van der Waals surface area contributed by atoms with Crippen molar-refractivity contribution in [3.63, 3.8) is 0 Å². The monoisotopic (exact) mass is 253 g/mol. The molecule has 0 aliphatic rings. The molecule has 0 N–H and O–H groups in total. The van der Waals surface area contributed by atoms with E-state index in [0.717, 1.165) is 11.1 Å². The molecule has 0 saturated carbocycles. The molecule has 0 aliphatic carbocycles. The van der Waals surface area contributed by atoms with Gasteiger partial charge in [0.05, 0.1) is 6.04 Å². The molecule has 0 bridgehead atoms. The van der Waals surface area contributed by atoms with Gasteiger partial charge in [0.2, 0.25) is 5.91 Å². The Morgan fingerprint density at radius 2 is 1.53 bits per heavy atom. The van der Waals surface area contributed by atoms with Crippen molar-refractivity contribution in [1.82, 2.24) is 4.90 Å². The van der Waals surface area contributed by atoms with Gasteiger partial charge in [-0.05, 0) is 18.1 Å². The van der Waals surface area contributed by atoms with E-state index >= 15 is 0 Å². The van der Waals surface area contributed by atoms with Crippen LogP contribution in [0.3, 0.4) is 0 Å². The van der Waals surface area contributed by atoms with Crippen LogP contribution in [0.4, 0.5) is 0 Å². The summed E-state index contributed by atoms with van der Waals surface area (Å²) in [4.78, 5) is 13.8. The number of hydrogen-bond donors (Lipinski definition) is 0.